The first kappa shape index (κ1) is 21.8. The number of rotatable bonds is 5. The molecule has 0 unspecified atom stereocenters. The smallest absolute Gasteiger partial charge is 0.290 e. The van der Waals surface area contributed by atoms with Crippen LogP contribution in [0, 0.1) is 0 Å². The molecule has 3 aromatic rings. The second kappa shape index (κ2) is 9.48. The predicted molar refractivity (Wildman–Crippen MR) is 132 cm³/mol. The van der Waals surface area contributed by atoms with E-state index in [9.17, 15) is 9.59 Å². The van der Waals surface area contributed by atoms with E-state index in [0.29, 0.717) is 41.4 Å². The molecule has 4 heterocycles. The highest BCUT2D eigenvalue weighted by atomic mass is 32.2. The van der Waals surface area contributed by atoms with Crippen LogP contribution in [0.25, 0.3) is 6.08 Å². The molecule has 0 atom stereocenters. The van der Waals surface area contributed by atoms with Crippen molar-refractivity contribution in [3.63, 3.8) is 0 Å². The van der Waals surface area contributed by atoms with Crippen LogP contribution in [-0.4, -0.2) is 64.3 Å². The van der Waals surface area contributed by atoms with Crippen LogP contribution in [-0.2, 0) is 4.79 Å². The molecule has 0 saturated carbocycles. The number of piperazine rings is 1. The molecule has 10 nitrogen and oxygen atoms in total. The van der Waals surface area contributed by atoms with Crippen LogP contribution < -0.4 is 20.0 Å². The molecule has 2 fully saturated rings. The quantitative estimate of drug-likeness (QED) is 0.555. The van der Waals surface area contributed by atoms with Gasteiger partial charge in [0.25, 0.3) is 11.1 Å². The Labute approximate surface area is 200 Å². The first-order valence-electron chi connectivity index (χ1n) is 10.8. The maximum atomic E-state index is 12.1. The number of imide groups is 1. The summed E-state index contributed by atoms with van der Waals surface area (Å²) in [6.07, 6.45) is 5.11. The number of aromatic nitrogens is 4. The Kier molecular flexibility index (Phi) is 6.09. The van der Waals surface area contributed by atoms with Crippen LogP contribution in [0.3, 0.4) is 0 Å². The summed E-state index contributed by atoms with van der Waals surface area (Å²) in [5.41, 5.74) is 1.53. The molecule has 0 spiro atoms. The average Bonchev–Trinajstić information content (AvgIpc) is 3.20. The summed E-state index contributed by atoms with van der Waals surface area (Å²) < 4.78 is 0. The lowest BCUT2D eigenvalue weighted by atomic mass is 10.2. The zero-order chi connectivity index (χ0) is 23.5. The van der Waals surface area contributed by atoms with E-state index < -0.39 is 5.91 Å². The highest BCUT2D eigenvalue weighted by Gasteiger charge is 2.26. The number of carbonyl (C=O) groups is 2. The van der Waals surface area contributed by atoms with Crippen molar-refractivity contribution in [2.75, 3.05) is 47.9 Å². The lowest BCUT2D eigenvalue weighted by Gasteiger charge is -2.35. The second-order valence-corrected chi connectivity index (χ2v) is 8.74. The van der Waals surface area contributed by atoms with Gasteiger partial charge in [-0.15, -0.1) is 0 Å². The fourth-order valence-corrected chi connectivity index (χ4v) is 4.39. The molecule has 11 heteroatoms. The summed E-state index contributed by atoms with van der Waals surface area (Å²) in [6, 6.07) is 13.5. The van der Waals surface area contributed by atoms with Gasteiger partial charge < -0.3 is 14.7 Å². The molecule has 34 heavy (non-hydrogen) atoms. The van der Waals surface area contributed by atoms with Crippen molar-refractivity contribution < 1.29 is 9.59 Å². The van der Waals surface area contributed by atoms with Crippen molar-refractivity contribution in [1.82, 2.24) is 25.3 Å². The van der Waals surface area contributed by atoms with E-state index in [0.717, 1.165) is 30.5 Å². The Bertz CT molecular complexity index is 1230. The Morgan fingerprint density at radius 1 is 0.941 bits per heavy atom. The van der Waals surface area contributed by atoms with Crippen LogP contribution in [0.15, 0.2) is 59.8 Å². The zero-order valence-electron chi connectivity index (χ0n) is 18.5. The van der Waals surface area contributed by atoms with E-state index in [1.807, 2.05) is 48.3 Å². The molecule has 5 rings (SSSR count). The molecule has 2 amide bonds. The van der Waals surface area contributed by atoms with E-state index in [2.05, 4.69) is 25.1 Å². The lowest BCUT2D eigenvalue weighted by molar-refractivity contribution is -0.115. The molecule has 1 aromatic carbocycles. The fourth-order valence-electron chi connectivity index (χ4n) is 3.73. The minimum Gasteiger partial charge on any atom is -0.337 e. The number of benzene rings is 1. The van der Waals surface area contributed by atoms with Gasteiger partial charge in [-0.25, -0.2) is 15.0 Å². The Balaban J connectivity index is 1.45. The molecule has 2 aliphatic rings. The number of carbonyl (C=O) groups excluding carboxylic acids is 2. The van der Waals surface area contributed by atoms with Gasteiger partial charge in [-0.05, 0) is 36.0 Å². The fraction of sp³-hybridized carbons (Fsp3) is 0.217. The van der Waals surface area contributed by atoms with Crippen molar-refractivity contribution in [2.45, 2.75) is 0 Å². The van der Waals surface area contributed by atoms with Crippen LogP contribution in [0.4, 0.5) is 28.2 Å². The summed E-state index contributed by atoms with van der Waals surface area (Å²) in [6.45, 7) is 2.85. The van der Waals surface area contributed by atoms with E-state index in [1.165, 1.54) is 0 Å². The highest BCUT2D eigenvalue weighted by molar-refractivity contribution is 8.18. The number of nitrogens with one attached hydrogen (secondary N) is 1. The molecular weight excluding hydrogens is 452 g/mol. The normalized spacial score (nSPS) is 17.3. The summed E-state index contributed by atoms with van der Waals surface area (Å²) in [5, 5.41) is 1.90. The van der Waals surface area contributed by atoms with Crippen molar-refractivity contribution in [3.05, 3.63) is 65.5 Å². The van der Waals surface area contributed by atoms with Crippen molar-refractivity contribution in [3.8, 4) is 0 Å². The maximum absolute atomic E-state index is 12.1. The Morgan fingerprint density at radius 3 is 2.26 bits per heavy atom. The first-order valence-corrected chi connectivity index (χ1v) is 11.6. The van der Waals surface area contributed by atoms with Crippen molar-refractivity contribution >= 4 is 52.4 Å². The van der Waals surface area contributed by atoms with Gasteiger partial charge in [-0.2, -0.15) is 4.98 Å². The average molecular weight is 475 g/mol. The van der Waals surface area contributed by atoms with Crippen LogP contribution in [0.5, 0.6) is 0 Å². The summed E-state index contributed by atoms with van der Waals surface area (Å²) >= 11 is 0.872. The number of para-hydroxylation sites is 1. The first-order chi connectivity index (χ1) is 16.6. The molecule has 2 saturated heterocycles. The topological polar surface area (TPSA) is 107 Å². The standard InChI is InChI=1S/C23H22N8O2S/c1-29(17-6-3-2-4-7-17)19-15-16(14-18-20(32)28-23(33)34-18)26-22(27-19)31-12-10-30(11-13-31)21-24-8-5-9-25-21/h2-9,14-15H,10-13H2,1H3,(H,28,32,33)/b18-14-. The van der Waals surface area contributed by atoms with Gasteiger partial charge >= 0.3 is 0 Å². The molecule has 0 radical (unpaired) electrons. The van der Waals surface area contributed by atoms with Crippen molar-refractivity contribution in [2.24, 2.45) is 0 Å². The largest absolute Gasteiger partial charge is 0.337 e. The molecule has 0 bridgehead atoms. The van der Waals surface area contributed by atoms with Crippen LogP contribution in [0.1, 0.15) is 5.69 Å². The lowest BCUT2D eigenvalue weighted by Crippen LogP contribution is -2.47. The number of amides is 2. The minimum atomic E-state index is -0.412. The zero-order valence-corrected chi connectivity index (χ0v) is 19.3. The SMILES string of the molecule is CN(c1ccccc1)c1cc(/C=C2\SC(=O)NC2=O)nc(N2CCN(c3ncccn3)CC2)n1. The number of hydrogen-bond donors (Lipinski definition) is 1. The third kappa shape index (κ3) is 4.69. The Hall–Kier alpha value is -3.99. The molecule has 0 aliphatic carbocycles. The summed E-state index contributed by atoms with van der Waals surface area (Å²) in [4.78, 5) is 48.4. The van der Waals surface area contributed by atoms with Gasteiger partial charge in [0, 0.05) is 57.4 Å². The second-order valence-electron chi connectivity index (χ2n) is 7.72. The van der Waals surface area contributed by atoms with Crippen LogP contribution >= 0.6 is 11.8 Å². The highest BCUT2D eigenvalue weighted by Crippen LogP contribution is 2.29. The molecule has 2 aliphatic heterocycles. The summed E-state index contributed by atoms with van der Waals surface area (Å²) in [5.74, 6) is 1.55. The molecular formula is C23H22N8O2S. The minimum absolute atomic E-state index is 0.314. The van der Waals surface area contributed by atoms with Crippen molar-refractivity contribution in [1.29, 1.82) is 0 Å². The number of anilines is 4. The molecule has 172 valence electrons. The summed E-state index contributed by atoms with van der Waals surface area (Å²) in [7, 11) is 1.93. The number of thioether (sulfide) groups is 1. The van der Waals surface area contributed by atoms with Gasteiger partial charge in [-0.3, -0.25) is 14.9 Å². The van der Waals surface area contributed by atoms with E-state index >= 15 is 0 Å². The van der Waals surface area contributed by atoms with E-state index in [-0.39, 0.29) is 5.24 Å². The van der Waals surface area contributed by atoms with Gasteiger partial charge in [-0.1, -0.05) is 18.2 Å². The molecule has 1 N–H and O–H groups in total. The maximum Gasteiger partial charge on any atom is 0.290 e. The molecule has 2 aromatic heterocycles. The van der Waals surface area contributed by atoms with Gasteiger partial charge in [0.1, 0.15) is 5.82 Å². The van der Waals surface area contributed by atoms with Gasteiger partial charge in [0.15, 0.2) is 0 Å². The van der Waals surface area contributed by atoms with E-state index in [4.69, 9.17) is 9.97 Å². The third-order valence-electron chi connectivity index (χ3n) is 5.53. The number of hydrogen-bond acceptors (Lipinski definition) is 10. The van der Waals surface area contributed by atoms with Gasteiger partial charge in [0.2, 0.25) is 11.9 Å². The van der Waals surface area contributed by atoms with E-state index in [1.54, 1.807) is 24.5 Å². The Morgan fingerprint density at radius 2 is 1.62 bits per heavy atom. The number of nitrogens with zero attached hydrogens (tertiary/aromatic N) is 7. The van der Waals surface area contributed by atoms with Crippen LogP contribution in [0.2, 0.25) is 0 Å². The third-order valence-corrected chi connectivity index (χ3v) is 6.34. The predicted octanol–water partition coefficient (Wildman–Crippen LogP) is 2.68. The van der Waals surface area contributed by atoms with Gasteiger partial charge in [0.05, 0.1) is 10.6 Å². The monoisotopic (exact) mass is 474 g/mol.